The van der Waals surface area contributed by atoms with Gasteiger partial charge >= 0.3 is 0 Å². The predicted molar refractivity (Wildman–Crippen MR) is 105 cm³/mol. The Labute approximate surface area is 164 Å². The van der Waals surface area contributed by atoms with E-state index >= 15 is 0 Å². The number of carbonyl (C=O) groups excluding carboxylic acids is 2. The summed E-state index contributed by atoms with van der Waals surface area (Å²) in [6.07, 6.45) is 4.22. The quantitative estimate of drug-likeness (QED) is 0.675. The summed E-state index contributed by atoms with van der Waals surface area (Å²) in [6, 6.07) is 12.6. The monoisotopic (exact) mass is 383 g/mol. The van der Waals surface area contributed by atoms with Crippen LogP contribution in [0.5, 0.6) is 0 Å². The number of anilines is 1. The Balaban J connectivity index is 1.47. The van der Waals surface area contributed by atoms with Crippen molar-refractivity contribution in [3.05, 3.63) is 60.4 Å². The molecule has 3 rings (SSSR count). The van der Waals surface area contributed by atoms with Gasteiger partial charge in [-0.1, -0.05) is 24.3 Å². The number of hydrogen-bond acceptors (Lipinski definition) is 5. The van der Waals surface area contributed by atoms with Crippen molar-refractivity contribution < 1.29 is 19.4 Å². The molecular weight excluding hydrogens is 358 g/mol. The van der Waals surface area contributed by atoms with Crippen LogP contribution in [0.1, 0.15) is 24.8 Å². The minimum Gasteiger partial charge on any atom is -0.394 e. The van der Waals surface area contributed by atoms with Gasteiger partial charge in [-0.05, 0) is 36.6 Å². The van der Waals surface area contributed by atoms with Crippen molar-refractivity contribution in [3.63, 3.8) is 0 Å². The summed E-state index contributed by atoms with van der Waals surface area (Å²) in [5, 5.41) is 15.4. The molecular formula is C21H25N3O4. The number of aliphatic hydroxyl groups is 1. The SMILES string of the molecule is O=C(C[C@H]1CC[C@H](NC(=O)Cc2cccnc2)[C@H](CO)O1)Nc1ccccc1. The number of carbonyl (C=O) groups is 2. The van der Waals surface area contributed by atoms with Crippen LogP contribution in [0.2, 0.25) is 0 Å². The zero-order chi connectivity index (χ0) is 19.8. The van der Waals surface area contributed by atoms with E-state index in [2.05, 4.69) is 15.6 Å². The van der Waals surface area contributed by atoms with Gasteiger partial charge in [-0.15, -0.1) is 0 Å². The van der Waals surface area contributed by atoms with Crippen LogP contribution in [-0.2, 0) is 20.7 Å². The van der Waals surface area contributed by atoms with E-state index in [4.69, 9.17) is 4.74 Å². The maximum Gasteiger partial charge on any atom is 0.226 e. The lowest BCUT2D eigenvalue weighted by atomic mass is 9.96. The van der Waals surface area contributed by atoms with Crippen LogP contribution in [0.4, 0.5) is 5.69 Å². The van der Waals surface area contributed by atoms with Gasteiger partial charge in [-0.25, -0.2) is 0 Å². The first-order valence-electron chi connectivity index (χ1n) is 9.43. The van der Waals surface area contributed by atoms with Crippen LogP contribution >= 0.6 is 0 Å². The zero-order valence-corrected chi connectivity index (χ0v) is 15.6. The molecule has 148 valence electrons. The maximum absolute atomic E-state index is 12.3. The minimum atomic E-state index is -0.527. The fraction of sp³-hybridized carbons (Fsp3) is 0.381. The van der Waals surface area contributed by atoms with E-state index < -0.39 is 6.10 Å². The second kappa shape index (κ2) is 9.96. The summed E-state index contributed by atoms with van der Waals surface area (Å²) in [7, 11) is 0. The molecule has 1 fully saturated rings. The lowest BCUT2D eigenvalue weighted by Gasteiger charge is -2.36. The van der Waals surface area contributed by atoms with E-state index in [1.54, 1.807) is 18.5 Å². The molecule has 0 aliphatic carbocycles. The van der Waals surface area contributed by atoms with Crippen LogP contribution in [0.25, 0.3) is 0 Å². The number of pyridine rings is 1. The van der Waals surface area contributed by atoms with Gasteiger partial charge in [0.05, 0.1) is 31.6 Å². The van der Waals surface area contributed by atoms with Gasteiger partial charge < -0.3 is 20.5 Å². The van der Waals surface area contributed by atoms with Crippen LogP contribution in [0, 0.1) is 0 Å². The molecule has 0 unspecified atom stereocenters. The van der Waals surface area contributed by atoms with E-state index in [1.165, 1.54) is 0 Å². The zero-order valence-electron chi connectivity index (χ0n) is 15.6. The summed E-state index contributed by atoms with van der Waals surface area (Å²) in [5.41, 5.74) is 1.57. The Morgan fingerprint density at radius 2 is 1.93 bits per heavy atom. The molecule has 0 bridgehead atoms. The number of aliphatic hydroxyl groups excluding tert-OH is 1. The third-order valence-corrected chi connectivity index (χ3v) is 4.70. The number of nitrogens with one attached hydrogen (secondary N) is 2. The number of ether oxygens (including phenoxy) is 1. The molecule has 28 heavy (non-hydrogen) atoms. The summed E-state index contributed by atoms with van der Waals surface area (Å²) in [4.78, 5) is 28.5. The molecule has 3 atom stereocenters. The highest BCUT2D eigenvalue weighted by molar-refractivity contribution is 5.91. The van der Waals surface area contributed by atoms with Gasteiger partial charge in [0, 0.05) is 18.1 Å². The predicted octanol–water partition coefficient (Wildman–Crippen LogP) is 1.68. The number of para-hydroxylation sites is 1. The molecule has 2 heterocycles. The largest absolute Gasteiger partial charge is 0.394 e. The van der Waals surface area contributed by atoms with E-state index in [0.29, 0.717) is 12.8 Å². The Morgan fingerprint density at radius 3 is 2.64 bits per heavy atom. The second-order valence-electron chi connectivity index (χ2n) is 6.89. The molecule has 1 aromatic heterocycles. The molecule has 1 aliphatic rings. The molecule has 2 amide bonds. The second-order valence-corrected chi connectivity index (χ2v) is 6.89. The van der Waals surface area contributed by atoms with E-state index in [9.17, 15) is 14.7 Å². The average molecular weight is 383 g/mol. The topological polar surface area (TPSA) is 101 Å². The standard InChI is InChI=1S/C21H25N3O4/c25-14-19-18(24-20(26)11-15-5-4-10-22-13-15)9-8-17(28-19)12-21(27)23-16-6-2-1-3-7-16/h1-7,10,13,17-19,25H,8-9,11-12,14H2,(H,23,27)(H,24,26)/t17-,18+,19+/m1/s1. The molecule has 7 nitrogen and oxygen atoms in total. The van der Waals surface area contributed by atoms with Crippen molar-refractivity contribution in [1.82, 2.24) is 10.3 Å². The first-order chi connectivity index (χ1) is 13.6. The first-order valence-corrected chi connectivity index (χ1v) is 9.43. The molecule has 3 N–H and O–H groups in total. The summed E-state index contributed by atoms with van der Waals surface area (Å²) >= 11 is 0. The third kappa shape index (κ3) is 5.87. The lowest BCUT2D eigenvalue weighted by Crippen LogP contribution is -2.51. The number of benzene rings is 1. The number of aromatic nitrogens is 1. The normalized spacial score (nSPS) is 21.7. The minimum absolute atomic E-state index is 0.132. The highest BCUT2D eigenvalue weighted by Crippen LogP contribution is 2.22. The van der Waals surface area contributed by atoms with Gasteiger partial charge in [0.25, 0.3) is 0 Å². The maximum atomic E-state index is 12.3. The average Bonchev–Trinajstić information content (AvgIpc) is 2.70. The van der Waals surface area contributed by atoms with Crippen molar-refractivity contribution in [3.8, 4) is 0 Å². The van der Waals surface area contributed by atoms with E-state index in [1.807, 2.05) is 36.4 Å². The molecule has 1 saturated heterocycles. The molecule has 1 aliphatic heterocycles. The Morgan fingerprint density at radius 1 is 1.11 bits per heavy atom. The number of hydrogen-bond donors (Lipinski definition) is 3. The van der Waals surface area contributed by atoms with Gasteiger partial charge in [-0.2, -0.15) is 0 Å². The van der Waals surface area contributed by atoms with Gasteiger partial charge in [0.1, 0.15) is 6.10 Å². The molecule has 0 radical (unpaired) electrons. The first kappa shape index (κ1) is 20.0. The highest BCUT2D eigenvalue weighted by Gasteiger charge is 2.32. The summed E-state index contributed by atoms with van der Waals surface area (Å²) in [5.74, 6) is -0.271. The van der Waals surface area contributed by atoms with Gasteiger partial charge in [-0.3, -0.25) is 14.6 Å². The van der Waals surface area contributed by atoms with Crippen molar-refractivity contribution in [2.24, 2.45) is 0 Å². The van der Waals surface area contributed by atoms with Crippen molar-refractivity contribution in [1.29, 1.82) is 0 Å². The van der Waals surface area contributed by atoms with Crippen molar-refractivity contribution in [2.75, 3.05) is 11.9 Å². The number of amides is 2. The van der Waals surface area contributed by atoms with E-state index in [0.717, 1.165) is 11.3 Å². The Kier molecular flexibility index (Phi) is 7.11. The van der Waals surface area contributed by atoms with Gasteiger partial charge in [0.15, 0.2) is 0 Å². The molecule has 7 heteroatoms. The van der Waals surface area contributed by atoms with Crippen LogP contribution in [0.15, 0.2) is 54.9 Å². The van der Waals surface area contributed by atoms with Gasteiger partial charge in [0.2, 0.25) is 11.8 Å². The van der Waals surface area contributed by atoms with Crippen LogP contribution in [-0.4, -0.2) is 46.8 Å². The number of rotatable bonds is 7. The summed E-state index contributed by atoms with van der Waals surface area (Å²) < 4.78 is 5.87. The van der Waals surface area contributed by atoms with Crippen LogP contribution < -0.4 is 10.6 Å². The lowest BCUT2D eigenvalue weighted by molar-refractivity contribution is -0.133. The van der Waals surface area contributed by atoms with Crippen molar-refractivity contribution in [2.45, 2.75) is 43.9 Å². The highest BCUT2D eigenvalue weighted by atomic mass is 16.5. The smallest absolute Gasteiger partial charge is 0.226 e. The summed E-state index contributed by atoms with van der Waals surface area (Å²) in [6.45, 7) is -0.214. The third-order valence-electron chi connectivity index (χ3n) is 4.70. The fourth-order valence-electron chi connectivity index (χ4n) is 3.33. The van der Waals surface area contributed by atoms with E-state index in [-0.39, 0.29) is 43.4 Å². The molecule has 0 saturated carbocycles. The van der Waals surface area contributed by atoms with Crippen LogP contribution in [0.3, 0.4) is 0 Å². The molecule has 0 spiro atoms. The number of nitrogens with zero attached hydrogens (tertiary/aromatic N) is 1. The fourth-order valence-corrected chi connectivity index (χ4v) is 3.33. The molecule has 1 aromatic carbocycles. The molecule has 2 aromatic rings. The van der Waals surface area contributed by atoms with Crippen molar-refractivity contribution >= 4 is 17.5 Å². The Bertz CT molecular complexity index is 770. The Hall–Kier alpha value is -2.77.